The Morgan fingerprint density at radius 2 is 1.89 bits per heavy atom. The van der Waals surface area contributed by atoms with Gasteiger partial charge in [-0.3, -0.25) is 9.67 Å². The molecular weight excluding hydrogens is 393 g/mol. The van der Waals surface area contributed by atoms with Gasteiger partial charge in [0.15, 0.2) is 0 Å². The van der Waals surface area contributed by atoms with E-state index in [0.29, 0.717) is 13.1 Å². The highest BCUT2D eigenvalue weighted by atomic mass is 32.2. The minimum atomic E-state index is -4.64. The highest BCUT2D eigenvalue weighted by molar-refractivity contribution is 7.92. The van der Waals surface area contributed by atoms with Crippen LogP contribution in [0.5, 0.6) is 0 Å². The number of rotatable bonds is 5. The Hall–Kier alpha value is -2.10. The fourth-order valence-corrected chi connectivity index (χ4v) is 5.38. The normalized spacial score (nSPS) is 18.5. The van der Waals surface area contributed by atoms with E-state index in [-0.39, 0.29) is 12.8 Å². The number of hydrogen-bond donors (Lipinski definition) is 0. The number of nitrogens with zero attached hydrogens (tertiary/aromatic N) is 4. The van der Waals surface area contributed by atoms with E-state index in [1.54, 1.807) is 6.20 Å². The van der Waals surface area contributed by atoms with Crippen molar-refractivity contribution in [3.05, 3.63) is 35.9 Å². The highest BCUT2D eigenvalue weighted by Crippen LogP contribution is 2.41. The first-order chi connectivity index (χ1) is 13.0. The van der Waals surface area contributed by atoms with E-state index < -0.39 is 37.8 Å². The summed E-state index contributed by atoms with van der Waals surface area (Å²) in [4.78, 5) is 5.52. The number of alkyl halides is 3. The van der Waals surface area contributed by atoms with Gasteiger partial charge in [0.2, 0.25) is 14.8 Å². The summed E-state index contributed by atoms with van der Waals surface area (Å²) in [5.74, 6) is -0.808. The fraction of sp³-hybridized carbons (Fsp3) is 0.556. The summed E-state index contributed by atoms with van der Waals surface area (Å²) in [5.41, 5.74) is 0.863. The predicted octanol–water partition coefficient (Wildman–Crippen LogP) is 3.44. The summed E-state index contributed by atoms with van der Waals surface area (Å²) in [6.45, 7) is 3.76. The maximum atomic E-state index is 15.6. The molecule has 1 fully saturated rings. The number of hydrogen-bond acceptors (Lipinski definition) is 5. The number of sulfone groups is 1. The molecule has 0 aromatic carbocycles. The molecule has 1 aliphatic heterocycles. The van der Waals surface area contributed by atoms with Crippen molar-refractivity contribution in [2.45, 2.75) is 43.0 Å². The molecule has 1 aliphatic rings. The molecule has 0 N–H and O–H groups in total. The molecule has 3 heterocycles. The van der Waals surface area contributed by atoms with Crippen molar-refractivity contribution in [2.75, 3.05) is 18.0 Å². The van der Waals surface area contributed by atoms with Crippen LogP contribution in [0.15, 0.2) is 29.4 Å². The summed E-state index contributed by atoms with van der Waals surface area (Å²) in [6.07, 6.45) is 0.139. The van der Waals surface area contributed by atoms with Gasteiger partial charge in [0, 0.05) is 37.9 Å². The average Bonchev–Trinajstić information content (AvgIpc) is 3.05. The third kappa shape index (κ3) is 3.61. The van der Waals surface area contributed by atoms with Crippen molar-refractivity contribution in [1.82, 2.24) is 14.8 Å². The molecule has 0 spiro atoms. The number of piperidine rings is 1. The van der Waals surface area contributed by atoms with Crippen molar-refractivity contribution in [3.63, 3.8) is 0 Å². The summed E-state index contributed by atoms with van der Waals surface area (Å²) in [7, 11) is -3.31. The number of aromatic nitrogens is 3. The third-order valence-corrected chi connectivity index (χ3v) is 7.61. The monoisotopic (exact) mass is 416 g/mol. The van der Waals surface area contributed by atoms with E-state index in [0.717, 1.165) is 29.2 Å². The molecule has 10 heteroatoms. The lowest BCUT2D eigenvalue weighted by Crippen LogP contribution is -2.45. The van der Waals surface area contributed by atoms with Crippen LogP contribution in [0.1, 0.15) is 37.6 Å². The van der Waals surface area contributed by atoms with Gasteiger partial charge in [-0.05, 0) is 38.8 Å². The molecule has 0 saturated carbocycles. The Balaban J connectivity index is 1.80. The number of aryl methyl sites for hydroxylation is 2. The summed E-state index contributed by atoms with van der Waals surface area (Å²) < 4.78 is 68.7. The molecule has 3 rings (SSSR count). The molecule has 0 amide bonds. The largest absolute Gasteiger partial charge is 0.370 e. The first kappa shape index (κ1) is 20.6. The fourth-order valence-electron chi connectivity index (χ4n) is 3.58. The topological polar surface area (TPSA) is 68.1 Å². The SMILES string of the molecule is Cc1ccc(N2CCC([C@@](C)(F)S(=O)(=O)c3cn(C)nc3C(F)F)CC2)cn1. The Morgan fingerprint density at radius 1 is 1.25 bits per heavy atom. The first-order valence-electron chi connectivity index (χ1n) is 8.97. The molecule has 0 bridgehead atoms. The zero-order chi connectivity index (χ0) is 20.7. The molecule has 0 aliphatic carbocycles. The van der Waals surface area contributed by atoms with E-state index >= 15 is 4.39 Å². The van der Waals surface area contributed by atoms with Crippen LogP contribution in [-0.2, 0) is 16.9 Å². The summed E-state index contributed by atoms with van der Waals surface area (Å²) in [5, 5.41) is 0.830. The molecule has 0 unspecified atom stereocenters. The molecule has 0 radical (unpaired) electrons. The van der Waals surface area contributed by atoms with Crippen molar-refractivity contribution in [3.8, 4) is 0 Å². The zero-order valence-electron chi connectivity index (χ0n) is 15.9. The first-order valence-corrected chi connectivity index (χ1v) is 10.4. The Labute approximate surface area is 162 Å². The minimum absolute atomic E-state index is 0.282. The van der Waals surface area contributed by atoms with Crippen LogP contribution < -0.4 is 4.90 Å². The summed E-state index contributed by atoms with van der Waals surface area (Å²) >= 11 is 0. The standard InChI is InChI=1S/C18H23F3N4O2S/c1-12-4-5-14(10-22-12)25-8-6-13(7-9-25)18(2,21)28(26,27)15-11-24(3)23-16(15)17(19)20/h4-5,10-11,13,17H,6-9H2,1-3H3/t18-/m0/s1. The lowest BCUT2D eigenvalue weighted by Gasteiger charge is -2.38. The van der Waals surface area contributed by atoms with Crippen LogP contribution >= 0.6 is 0 Å². The van der Waals surface area contributed by atoms with Gasteiger partial charge >= 0.3 is 0 Å². The molecule has 1 atom stereocenters. The van der Waals surface area contributed by atoms with Gasteiger partial charge in [-0.15, -0.1) is 0 Å². The second-order valence-electron chi connectivity index (χ2n) is 7.26. The van der Waals surface area contributed by atoms with Gasteiger partial charge in [0.25, 0.3) is 6.43 Å². The van der Waals surface area contributed by atoms with E-state index in [9.17, 15) is 17.2 Å². The van der Waals surface area contributed by atoms with Crippen molar-refractivity contribution in [2.24, 2.45) is 13.0 Å². The van der Waals surface area contributed by atoms with Crippen LogP contribution in [0, 0.1) is 12.8 Å². The molecule has 28 heavy (non-hydrogen) atoms. The Morgan fingerprint density at radius 3 is 2.43 bits per heavy atom. The zero-order valence-corrected chi connectivity index (χ0v) is 16.8. The van der Waals surface area contributed by atoms with Crippen LogP contribution in [0.3, 0.4) is 0 Å². The Kier molecular flexibility index (Phi) is 5.44. The highest BCUT2D eigenvalue weighted by Gasteiger charge is 2.50. The summed E-state index contributed by atoms with van der Waals surface area (Å²) in [6, 6.07) is 3.79. The number of anilines is 1. The van der Waals surface area contributed by atoms with Gasteiger partial charge in [-0.1, -0.05) is 0 Å². The molecule has 6 nitrogen and oxygen atoms in total. The van der Waals surface area contributed by atoms with Crippen LogP contribution in [0.25, 0.3) is 0 Å². The van der Waals surface area contributed by atoms with E-state index in [4.69, 9.17) is 0 Å². The van der Waals surface area contributed by atoms with E-state index in [2.05, 4.69) is 10.1 Å². The van der Waals surface area contributed by atoms with Crippen LogP contribution in [0.2, 0.25) is 0 Å². The maximum absolute atomic E-state index is 15.6. The molecule has 2 aromatic heterocycles. The van der Waals surface area contributed by atoms with Gasteiger partial charge in [-0.25, -0.2) is 21.6 Å². The van der Waals surface area contributed by atoms with Crippen LogP contribution in [-0.4, -0.2) is 41.3 Å². The van der Waals surface area contributed by atoms with E-state index in [1.807, 2.05) is 24.0 Å². The van der Waals surface area contributed by atoms with Gasteiger partial charge in [0.1, 0.15) is 10.6 Å². The van der Waals surface area contributed by atoms with E-state index in [1.165, 1.54) is 7.05 Å². The second-order valence-corrected chi connectivity index (χ2v) is 9.51. The number of pyridine rings is 1. The average molecular weight is 416 g/mol. The van der Waals surface area contributed by atoms with Gasteiger partial charge < -0.3 is 4.90 Å². The van der Waals surface area contributed by atoms with Gasteiger partial charge in [-0.2, -0.15) is 5.10 Å². The van der Waals surface area contributed by atoms with Gasteiger partial charge in [0.05, 0.1) is 11.9 Å². The molecule has 1 saturated heterocycles. The third-order valence-electron chi connectivity index (χ3n) is 5.33. The molecular formula is C18H23F3N4O2S. The van der Waals surface area contributed by atoms with Crippen molar-refractivity contribution < 1.29 is 21.6 Å². The Bertz CT molecular complexity index is 934. The molecule has 2 aromatic rings. The molecule has 154 valence electrons. The van der Waals surface area contributed by atoms with Crippen LogP contribution in [0.4, 0.5) is 18.9 Å². The quantitative estimate of drug-likeness (QED) is 0.747. The van der Waals surface area contributed by atoms with Crippen molar-refractivity contribution in [1.29, 1.82) is 0 Å². The lowest BCUT2D eigenvalue weighted by molar-refractivity contribution is 0.140. The second kappa shape index (κ2) is 7.38. The van der Waals surface area contributed by atoms with Crippen molar-refractivity contribution >= 4 is 15.5 Å². The number of halogens is 3. The lowest BCUT2D eigenvalue weighted by atomic mass is 9.92. The minimum Gasteiger partial charge on any atom is -0.370 e. The smallest absolute Gasteiger partial charge is 0.283 e. The maximum Gasteiger partial charge on any atom is 0.283 e. The predicted molar refractivity (Wildman–Crippen MR) is 98.8 cm³/mol.